The molecule has 1 aromatic heterocycles. The Bertz CT molecular complexity index is 650. The molecule has 1 unspecified atom stereocenters. The highest BCUT2D eigenvalue weighted by molar-refractivity contribution is 7.77. The van der Waals surface area contributed by atoms with Crippen LogP contribution in [0.4, 0.5) is 0 Å². The van der Waals surface area contributed by atoms with Crippen LogP contribution in [0.25, 0.3) is 0 Å². The molecular formula is C13H11NO5S. The Morgan fingerprint density at radius 3 is 2.65 bits per heavy atom. The summed E-state index contributed by atoms with van der Waals surface area (Å²) in [5.41, 5.74) is 0.766. The fraction of sp³-hybridized carbons (Fsp3) is 0.0769. The van der Waals surface area contributed by atoms with E-state index in [1.54, 1.807) is 24.3 Å². The van der Waals surface area contributed by atoms with Crippen LogP contribution in [-0.4, -0.2) is 25.0 Å². The van der Waals surface area contributed by atoms with E-state index in [2.05, 4.69) is 0 Å². The lowest BCUT2D eigenvalue weighted by Gasteiger charge is -2.05. The predicted octanol–water partition coefficient (Wildman–Crippen LogP) is 1.64. The molecule has 2 rings (SSSR count). The summed E-state index contributed by atoms with van der Waals surface area (Å²) < 4.78 is 26.0. The summed E-state index contributed by atoms with van der Waals surface area (Å²) in [6.45, 7) is 0.0410. The van der Waals surface area contributed by atoms with Gasteiger partial charge in [0.05, 0.1) is 0 Å². The number of hydrogen-bond acceptors (Lipinski definition) is 4. The van der Waals surface area contributed by atoms with E-state index in [0.29, 0.717) is 6.29 Å². The highest BCUT2D eigenvalue weighted by Crippen LogP contribution is 2.11. The van der Waals surface area contributed by atoms with Gasteiger partial charge in [-0.05, 0) is 11.6 Å². The van der Waals surface area contributed by atoms with E-state index in [1.807, 2.05) is 6.07 Å². The van der Waals surface area contributed by atoms with Crippen molar-refractivity contribution < 1.29 is 23.1 Å². The van der Waals surface area contributed by atoms with Crippen LogP contribution in [0.3, 0.4) is 0 Å². The number of hydrogen-bond donors (Lipinski definition) is 1. The summed E-state index contributed by atoms with van der Waals surface area (Å²) in [4.78, 5) is 22.5. The van der Waals surface area contributed by atoms with Crippen LogP contribution < -0.4 is 0 Å². The van der Waals surface area contributed by atoms with Gasteiger partial charge in [-0.1, -0.05) is 30.3 Å². The summed E-state index contributed by atoms with van der Waals surface area (Å²) in [5.74, 6) is -0.774. The minimum Gasteiger partial charge on any atom is -0.456 e. The standard InChI is InChI=1S/C13H11NO5S/c15-8-11-6-12(14(7-11)20(17)18)13(16)19-9-10-4-2-1-3-5-10/h1-8H,9H2,(H,17,18). The van der Waals surface area contributed by atoms with Crippen molar-refractivity contribution in [1.82, 2.24) is 3.97 Å². The van der Waals surface area contributed by atoms with Crippen LogP contribution >= 0.6 is 0 Å². The zero-order chi connectivity index (χ0) is 14.5. The third kappa shape index (κ3) is 3.19. The summed E-state index contributed by atoms with van der Waals surface area (Å²) in [7, 11) is 0. The Labute approximate surface area is 117 Å². The molecule has 104 valence electrons. The highest BCUT2D eigenvalue weighted by Gasteiger charge is 2.18. The van der Waals surface area contributed by atoms with Crippen LogP contribution in [-0.2, 0) is 22.6 Å². The van der Waals surface area contributed by atoms with Crippen molar-refractivity contribution in [2.75, 3.05) is 0 Å². The second kappa shape index (κ2) is 6.27. The van der Waals surface area contributed by atoms with Gasteiger partial charge in [0.2, 0.25) is 0 Å². The first-order valence-electron chi connectivity index (χ1n) is 5.62. The Kier molecular flexibility index (Phi) is 4.44. The zero-order valence-electron chi connectivity index (χ0n) is 10.3. The van der Waals surface area contributed by atoms with Gasteiger partial charge in [0.1, 0.15) is 12.3 Å². The summed E-state index contributed by atoms with van der Waals surface area (Å²) in [5, 5.41) is 0. The van der Waals surface area contributed by atoms with Crippen molar-refractivity contribution in [3.63, 3.8) is 0 Å². The van der Waals surface area contributed by atoms with Crippen molar-refractivity contribution in [1.29, 1.82) is 0 Å². The third-order valence-electron chi connectivity index (χ3n) is 2.53. The fourth-order valence-corrected chi connectivity index (χ4v) is 2.11. The molecule has 0 aliphatic rings. The van der Waals surface area contributed by atoms with Gasteiger partial charge in [0, 0.05) is 11.8 Å². The molecule has 20 heavy (non-hydrogen) atoms. The molecule has 0 spiro atoms. The number of ether oxygens (including phenoxy) is 1. The Morgan fingerprint density at radius 1 is 1.35 bits per heavy atom. The molecule has 1 aromatic carbocycles. The lowest BCUT2D eigenvalue weighted by molar-refractivity contribution is 0.0464. The van der Waals surface area contributed by atoms with Gasteiger partial charge in [-0.25, -0.2) is 13.0 Å². The first-order chi connectivity index (χ1) is 9.61. The topological polar surface area (TPSA) is 85.6 Å². The van der Waals surface area contributed by atoms with Crippen molar-refractivity contribution in [2.45, 2.75) is 6.61 Å². The fourth-order valence-electron chi connectivity index (χ4n) is 1.60. The van der Waals surface area contributed by atoms with Crippen LogP contribution in [0.2, 0.25) is 0 Å². The summed E-state index contributed by atoms with van der Waals surface area (Å²) >= 11 is -2.43. The van der Waals surface area contributed by atoms with Crippen LogP contribution in [0, 0.1) is 0 Å². The first kappa shape index (κ1) is 14.2. The molecular weight excluding hydrogens is 282 g/mol. The third-order valence-corrected chi connectivity index (χ3v) is 3.17. The van der Waals surface area contributed by atoms with Gasteiger partial charge in [0.15, 0.2) is 6.29 Å². The second-order valence-electron chi connectivity index (χ2n) is 3.89. The molecule has 0 saturated carbocycles. The SMILES string of the molecule is O=Cc1cc(C(=O)OCc2ccccc2)n(S(=O)O)c1. The normalized spacial score (nSPS) is 11.8. The maximum atomic E-state index is 11.9. The van der Waals surface area contributed by atoms with Crippen LogP contribution in [0.15, 0.2) is 42.6 Å². The summed E-state index contributed by atoms with van der Waals surface area (Å²) in [6, 6.07) is 10.2. The molecule has 0 bridgehead atoms. The van der Waals surface area contributed by atoms with Gasteiger partial charge < -0.3 is 4.74 Å². The van der Waals surface area contributed by atoms with E-state index in [-0.39, 0.29) is 17.9 Å². The number of carbonyl (C=O) groups excluding carboxylic acids is 2. The van der Waals surface area contributed by atoms with Crippen molar-refractivity contribution in [3.05, 3.63) is 59.4 Å². The van der Waals surface area contributed by atoms with E-state index >= 15 is 0 Å². The molecule has 2 aromatic rings. The van der Waals surface area contributed by atoms with Gasteiger partial charge in [-0.3, -0.25) is 9.35 Å². The number of benzene rings is 1. The zero-order valence-corrected chi connectivity index (χ0v) is 11.1. The Morgan fingerprint density at radius 2 is 2.05 bits per heavy atom. The van der Waals surface area contributed by atoms with Gasteiger partial charge in [-0.2, -0.15) is 0 Å². The largest absolute Gasteiger partial charge is 0.456 e. The maximum Gasteiger partial charge on any atom is 0.356 e. The lowest BCUT2D eigenvalue weighted by Crippen LogP contribution is -2.13. The number of carbonyl (C=O) groups is 2. The average molecular weight is 293 g/mol. The number of aromatic nitrogens is 1. The summed E-state index contributed by atoms with van der Waals surface area (Å²) in [6.07, 6.45) is 1.60. The first-order valence-corrected chi connectivity index (χ1v) is 6.68. The quantitative estimate of drug-likeness (QED) is 0.514. The van der Waals surface area contributed by atoms with Gasteiger partial charge >= 0.3 is 5.97 Å². The van der Waals surface area contributed by atoms with Gasteiger partial charge in [0.25, 0.3) is 11.3 Å². The number of nitrogens with zero attached hydrogens (tertiary/aromatic N) is 1. The molecule has 7 heteroatoms. The van der Waals surface area contributed by atoms with Crippen LogP contribution in [0.1, 0.15) is 26.4 Å². The molecule has 0 aliphatic heterocycles. The molecule has 0 radical (unpaired) electrons. The van der Waals surface area contributed by atoms with E-state index in [4.69, 9.17) is 9.29 Å². The minimum absolute atomic E-state index is 0.0410. The van der Waals surface area contributed by atoms with E-state index in [9.17, 15) is 13.8 Å². The van der Waals surface area contributed by atoms with E-state index < -0.39 is 17.2 Å². The number of aldehydes is 1. The molecule has 1 atom stereocenters. The molecule has 1 heterocycles. The second-order valence-corrected chi connectivity index (χ2v) is 4.75. The smallest absolute Gasteiger partial charge is 0.356 e. The molecule has 0 aliphatic carbocycles. The predicted molar refractivity (Wildman–Crippen MR) is 71.6 cm³/mol. The monoisotopic (exact) mass is 293 g/mol. The van der Waals surface area contributed by atoms with Crippen molar-refractivity contribution >= 4 is 23.5 Å². The number of rotatable bonds is 5. The Balaban J connectivity index is 2.14. The van der Waals surface area contributed by atoms with E-state index in [1.165, 1.54) is 6.07 Å². The molecule has 0 saturated heterocycles. The average Bonchev–Trinajstić information content (AvgIpc) is 2.90. The Hall–Kier alpha value is -2.25. The lowest BCUT2D eigenvalue weighted by atomic mass is 10.2. The van der Waals surface area contributed by atoms with Crippen LogP contribution in [0.5, 0.6) is 0 Å². The number of esters is 1. The highest BCUT2D eigenvalue weighted by atomic mass is 32.2. The molecule has 0 fully saturated rings. The maximum absolute atomic E-state index is 11.9. The van der Waals surface area contributed by atoms with Crippen molar-refractivity contribution in [2.24, 2.45) is 0 Å². The van der Waals surface area contributed by atoms with Crippen molar-refractivity contribution in [3.8, 4) is 0 Å². The van der Waals surface area contributed by atoms with E-state index in [0.717, 1.165) is 15.7 Å². The molecule has 6 nitrogen and oxygen atoms in total. The molecule has 1 N–H and O–H groups in total. The van der Waals surface area contributed by atoms with Gasteiger partial charge in [-0.15, -0.1) is 0 Å². The molecule has 0 amide bonds. The minimum atomic E-state index is -2.43.